The first-order valence-electron chi connectivity index (χ1n) is 13.3. The second-order valence-corrected chi connectivity index (χ2v) is 9.33. The molecule has 0 bridgehead atoms. The molecule has 3 N–H and O–H groups in total. The predicted octanol–water partition coefficient (Wildman–Crippen LogP) is 1.96. The number of aryl methyl sites for hydroxylation is 1. The zero-order valence-corrected chi connectivity index (χ0v) is 22.2. The van der Waals surface area contributed by atoms with Gasteiger partial charge in [-0.2, -0.15) is 0 Å². The van der Waals surface area contributed by atoms with E-state index in [0.29, 0.717) is 39.0 Å². The number of aliphatic hydroxyl groups is 1. The maximum Gasteiger partial charge on any atom is 0.245 e. The molecule has 206 valence electrons. The SMILES string of the molecule is CNC(=O)COCCN1CCC(CCNC(O)COCCOCCCCOc2ccc(C)cc2)CC1. The van der Waals surface area contributed by atoms with Crippen LogP contribution in [0.5, 0.6) is 5.75 Å². The molecule has 1 heterocycles. The van der Waals surface area contributed by atoms with Gasteiger partial charge in [-0.15, -0.1) is 0 Å². The Kier molecular flexibility index (Phi) is 16.4. The number of rotatable bonds is 20. The number of benzene rings is 1. The summed E-state index contributed by atoms with van der Waals surface area (Å²) in [7, 11) is 1.61. The Labute approximate surface area is 216 Å². The molecule has 1 saturated heterocycles. The number of aliphatic hydroxyl groups excluding tert-OH is 1. The van der Waals surface area contributed by atoms with Crippen molar-refractivity contribution in [2.24, 2.45) is 5.92 Å². The summed E-state index contributed by atoms with van der Waals surface area (Å²) >= 11 is 0. The van der Waals surface area contributed by atoms with Crippen LogP contribution >= 0.6 is 0 Å². The lowest BCUT2D eigenvalue weighted by atomic mass is 9.93. The van der Waals surface area contributed by atoms with Crippen LogP contribution in [0, 0.1) is 12.8 Å². The fourth-order valence-electron chi connectivity index (χ4n) is 3.99. The smallest absolute Gasteiger partial charge is 0.245 e. The van der Waals surface area contributed by atoms with Gasteiger partial charge in [0.25, 0.3) is 0 Å². The zero-order valence-electron chi connectivity index (χ0n) is 22.2. The maximum atomic E-state index is 11.1. The highest BCUT2D eigenvalue weighted by atomic mass is 16.5. The number of carbonyl (C=O) groups is 1. The molecule has 0 saturated carbocycles. The Morgan fingerprint density at radius 1 is 1.03 bits per heavy atom. The molecule has 0 spiro atoms. The first kappa shape index (κ1) is 30.5. The van der Waals surface area contributed by atoms with Gasteiger partial charge >= 0.3 is 0 Å². The van der Waals surface area contributed by atoms with Crippen LogP contribution in [0.25, 0.3) is 0 Å². The zero-order chi connectivity index (χ0) is 25.8. The summed E-state index contributed by atoms with van der Waals surface area (Å²) in [5, 5.41) is 15.8. The number of piperidine rings is 1. The van der Waals surface area contributed by atoms with E-state index in [9.17, 15) is 9.90 Å². The molecule has 1 aromatic rings. The first-order chi connectivity index (χ1) is 17.6. The Morgan fingerprint density at radius 3 is 2.50 bits per heavy atom. The Hall–Kier alpha value is -1.75. The van der Waals surface area contributed by atoms with E-state index in [0.717, 1.165) is 64.0 Å². The van der Waals surface area contributed by atoms with E-state index in [4.69, 9.17) is 18.9 Å². The summed E-state index contributed by atoms with van der Waals surface area (Å²) in [6.45, 7) is 9.18. The first-order valence-corrected chi connectivity index (χ1v) is 13.3. The number of hydrogen-bond donors (Lipinski definition) is 3. The lowest BCUT2D eigenvalue weighted by Gasteiger charge is -2.32. The van der Waals surface area contributed by atoms with Crippen LogP contribution < -0.4 is 15.4 Å². The third-order valence-electron chi connectivity index (χ3n) is 6.32. The van der Waals surface area contributed by atoms with Crippen LogP contribution in [0.4, 0.5) is 0 Å². The number of carbonyl (C=O) groups excluding carboxylic acids is 1. The van der Waals surface area contributed by atoms with Gasteiger partial charge in [-0.3, -0.25) is 10.1 Å². The predicted molar refractivity (Wildman–Crippen MR) is 140 cm³/mol. The van der Waals surface area contributed by atoms with Gasteiger partial charge in [0, 0.05) is 20.2 Å². The number of nitrogens with zero attached hydrogens (tertiary/aromatic N) is 1. The van der Waals surface area contributed by atoms with Crippen LogP contribution in [0.2, 0.25) is 0 Å². The van der Waals surface area contributed by atoms with Gasteiger partial charge in [0.05, 0.1) is 33.0 Å². The van der Waals surface area contributed by atoms with Gasteiger partial charge in [0.15, 0.2) is 0 Å². The topological polar surface area (TPSA) is 102 Å². The van der Waals surface area contributed by atoms with Crippen molar-refractivity contribution < 1.29 is 28.8 Å². The number of likely N-dealkylation sites (tertiary alicyclic amines) is 1. The summed E-state index contributed by atoms with van der Waals surface area (Å²) < 4.78 is 22.2. The number of unbranched alkanes of at least 4 members (excludes halogenated alkanes) is 1. The van der Waals surface area contributed by atoms with E-state index in [1.165, 1.54) is 5.56 Å². The standard InChI is InChI=1S/C27H47N3O6/c1-23-5-7-25(8-6-23)36-17-4-3-16-33-19-20-35-22-27(32)29-12-9-24-10-13-30(14-11-24)15-18-34-21-26(31)28-2/h5-8,24,27,29,32H,3-4,9-22H2,1-2H3,(H,28,31). The van der Waals surface area contributed by atoms with Gasteiger partial charge in [0.2, 0.25) is 5.91 Å². The van der Waals surface area contributed by atoms with Crippen LogP contribution in [-0.2, 0) is 19.0 Å². The van der Waals surface area contributed by atoms with Gasteiger partial charge in [-0.1, -0.05) is 17.7 Å². The quantitative estimate of drug-likeness (QED) is 0.181. The number of likely N-dealkylation sites (N-methyl/N-ethyl adjacent to an activating group) is 1. The monoisotopic (exact) mass is 509 g/mol. The van der Waals surface area contributed by atoms with E-state index in [1.807, 2.05) is 24.3 Å². The van der Waals surface area contributed by atoms with Crippen LogP contribution in [0.1, 0.15) is 37.7 Å². The van der Waals surface area contributed by atoms with Crippen molar-refractivity contribution in [2.75, 3.05) is 79.5 Å². The largest absolute Gasteiger partial charge is 0.494 e. The van der Waals surface area contributed by atoms with Crippen LogP contribution in [-0.4, -0.2) is 102 Å². The second-order valence-electron chi connectivity index (χ2n) is 9.33. The average Bonchev–Trinajstić information content (AvgIpc) is 2.89. The van der Waals surface area contributed by atoms with Gasteiger partial charge in [0.1, 0.15) is 18.6 Å². The number of hydrogen-bond acceptors (Lipinski definition) is 8. The number of ether oxygens (including phenoxy) is 4. The molecule has 9 heteroatoms. The minimum atomic E-state index is -0.651. The summed E-state index contributed by atoms with van der Waals surface area (Å²) in [5.41, 5.74) is 1.23. The van der Waals surface area contributed by atoms with Crippen molar-refractivity contribution in [1.29, 1.82) is 0 Å². The fourth-order valence-corrected chi connectivity index (χ4v) is 3.99. The molecule has 0 radical (unpaired) electrons. The van der Waals surface area contributed by atoms with Gasteiger partial charge < -0.3 is 34.3 Å². The van der Waals surface area contributed by atoms with Crippen molar-refractivity contribution in [3.63, 3.8) is 0 Å². The lowest BCUT2D eigenvalue weighted by Crippen LogP contribution is -2.38. The van der Waals surface area contributed by atoms with E-state index < -0.39 is 6.23 Å². The Bertz CT molecular complexity index is 683. The summed E-state index contributed by atoms with van der Waals surface area (Å²) in [4.78, 5) is 13.5. The fraction of sp³-hybridized carbons (Fsp3) is 0.741. The van der Waals surface area contributed by atoms with Crippen LogP contribution in [0.3, 0.4) is 0 Å². The molecule has 9 nitrogen and oxygen atoms in total. The number of nitrogens with one attached hydrogen (secondary N) is 2. The highest BCUT2D eigenvalue weighted by Crippen LogP contribution is 2.19. The van der Waals surface area contributed by atoms with E-state index in [2.05, 4.69) is 22.5 Å². The summed E-state index contributed by atoms with van der Waals surface area (Å²) in [6.07, 6.45) is 4.60. The molecular formula is C27H47N3O6. The van der Waals surface area contributed by atoms with E-state index in [1.54, 1.807) is 7.05 Å². The number of amides is 1. The molecular weight excluding hydrogens is 462 g/mol. The second kappa shape index (κ2) is 19.4. The normalized spacial score (nSPS) is 15.6. The summed E-state index contributed by atoms with van der Waals surface area (Å²) in [6, 6.07) is 8.09. The minimum absolute atomic E-state index is 0.0891. The van der Waals surface area contributed by atoms with Gasteiger partial charge in [-0.25, -0.2) is 0 Å². The van der Waals surface area contributed by atoms with Crippen molar-refractivity contribution in [3.8, 4) is 5.75 Å². The summed E-state index contributed by atoms with van der Waals surface area (Å²) in [5.74, 6) is 1.49. The van der Waals surface area contributed by atoms with Gasteiger partial charge in [-0.05, 0) is 76.7 Å². The molecule has 1 aromatic carbocycles. The molecule has 1 aliphatic rings. The van der Waals surface area contributed by atoms with Crippen LogP contribution in [0.15, 0.2) is 24.3 Å². The third kappa shape index (κ3) is 14.7. The average molecular weight is 510 g/mol. The molecule has 1 fully saturated rings. The maximum absolute atomic E-state index is 11.1. The molecule has 0 aliphatic carbocycles. The Balaban J connectivity index is 1.33. The highest BCUT2D eigenvalue weighted by molar-refractivity contribution is 5.76. The third-order valence-corrected chi connectivity index (χ3v) is 6.32. The molecule has 1 aliphatic heterocycles. The van der Waals surface area contributed by atoms with Crippen molar-refractivity contribution in [2.45, 2.75) is 45.3 Å². The molecule has 1 unspecified atom stereocenters. The van der Waals surface area contributed by atoms with Crippen molar-refractivity contribution in [3.05, 3.63) is 29.8 Å². The molecule has 0 aromatic heterocycles. The molecule has 36 heavy (non-hydrogen) atoms. The molecule has 2 rings (SSSR count). The highest BCUT2D eigenvalue weighted by Gasteiger charge is 2.19. The Morgan fingerprint density at radius 2 is 1.75 bits per heavy atom. The lowest BCUT2D eigenvalue weighted by molar-refractivity contribution is -0.125. The minimum Gasteiger partial charge on any atom is -0.494 e. The van der Waals surface area contributed by atoms with E-state index in [-0.39, 0.29) is 19.1 Å². The molecule has 1 amide bonds. The van der Waals surface area contributed by atoms with E-state index >= 15 is 0 Å². The van der Waals surface area contributed by atoms with Crippen molar-refractivity contribution in [1.82, 2.24) is 15.5 Å². The molecule has 1 atom stereocenters. The van der Waals surface area contributed by atoms with Crippen molar-refractivity contribution >= 4 is 5.91 Å².